The van der Waals surface area contributed by atoms with Gasteiger partial charge in [0, 0.05) is 12.2 Å². The third kappa shape index (κ3) is 3.77. The molecular formula is C21H20N2O4. The molecule has 27 heavy (non-hydrogen) atoms. The molecule has 0 unspecified atom stereocenters. The molecule has 0 radical (unpaired) electrons. The maximum absolute atomic E-state index is 13.0. The van der Waals surface area contributed by atoms with Crippen molar-refractivity contribution in [2.75, 3.05) is 18.6 Å². The Morgan fingerprint density at radius 3 is 2.59 bits per heavy atom. The van der Waals surface area contributed by atoms with Crippen molar-refractivity contribution in [1.82, 2.24) is 0 Å². The van der Waals surface area contributed by atoms with Crippen LogP contribution < -0.4 is 9.64 Å². The molecule has 0 aromatic heterocycles. The first-order chi connectivity index (χ1) is 13.0. The van der Waals surface area contributed by atoms with Crippen LogP contribution in [0.5, 0.6) is 5.75 Å². The number of benzene rings is 2. The fourth-order valence-electron chi connectivity index (χ4n) is 3.24. The maximum Gasteiger partial charge on any atom is 0.338 e. The van der Waals surface area contributed by atoms with Crippen LogP contribution >= 0.6 is 0 Å². The maximum atomic E-state index is 13.0. The summed E-state index contributed by atoms with van der Waals surface area (Å²) < 4.78 is 10.6. The molecule has 0 saturated heterocycles. The lowest BCUT2D eigenvalue weighted by Crippen LogP contribution is -2.43. The number of nitrogens with zero attached hydrogens (tertiary/aromatic N) is 2. The van der Waals surface area contributed by atoms with Crippen LogP contribution in [0, 0.1) is 11.3 Å². The van der Waals surface area contributed by atoms with Crippen LogP contribution in [0.3, 0.4) is 0 Å². The highest BCUT2D eigenvalue weighted by atomic mass is 16.5. The number of nitriles is 1. The molecule has 6 nitrogen and oxygen atoms in total. The van der Waals surface area contributed by atoms with Crippen molar-refractivity contribution in [2.45, 2.75) is 25.9 Å². The Morgan fingerprint density at radius 2 is 1.93 bits per heavy atom. The molecule has 2 aromatic carbocycles. The van der Waals surface area contributed by atoms with E-state index in [2.05, 4.69) is 0 Å². The van der Waals surface area contributed by atoms with Gasteiger partial charge in [-0.25, -0.2) is 4.79 Å². The zero-order valence-electron chi connectivity index (χ0n) is 15.3. The Labute approximate surface area is 157 Å². The van der Waals surface area contributed by atoms with Gasteiger partial charge in [-0.2, -0.15) is 5.26 Å². The van der Waals surface area contributed by atoms with Crippen molar-refractivity contribution in [3.8, 4) is 11.8 Å². The summed E-state index contributed by atoms with van der Waals surface area (Å²) in [6.07, 6.45) is 0.775. The van der Waals surface area contributed by atoms with Crippen LogP contribution in [-0.2, 0) is 16.0 Å². The first-order valence-corrected chi connectivity index (χ1v) is 8.73. The molecule has 1 heterocycles. The molecule has 6 heteroatoms. The lowest BCUT2D eigenvalue weighted by atomic mass is 9.96. The van der Waals surface area contributed by atoms with Gasteiger partial charge in [0.15, 0.2) is 6.10 Å². The number of anilines is 1. The Bertz CT molecular complexity index is 899. The van der Waals surface area contributed by atoms with Crippen LogP contribution in [0.15, 0.2) is 42.5 Å². The normalized spacial score (nSPS) is 13.9. The summed E-state index contributed by atoms with van der Waals surface area (Å²) in [6, 6.07) is 14.0. The average Bonchev–Trinajstić information content (AvgIpc) is 2.72. The van der Waals surface area contributed by atoms with Gasteiger partial charge in [-0.05, 0) is 61.7 Å². The van der Waals surface area contributed by atoms with Crippen LogP contribution in [0.4, 0.5) is 5.69 Å². The van der Waals surface area contributed by atoms with Gasteiger partial charge in [0.2, 0.25) is 0 Å². The predicted molar refractivity (Wildman–Crippen MR) is 99.7 cm³/mol. The van der Waals surface area contributed by atoms with Crippen molar-refractivity contribution in [1.29, 1.82) is 5.26 Å². The highest BCUT2D eigenvalue weighted by molar-refractivity contribution is 6.00. The van der Waals surface area contributed by atoms with E-state index in [0.29, 0.717) is 23.4 Å². The van der Waals surface area contributed by atoms with E-state index in [-0.39, 0.29) is 5.91 Å². The van der Waals surface area contributed by atoms with Crippen LogP contribution in [-0.4, -0.2) is 31.6 Å². The third-order valence-corrected chi connectivity index (χ3v) is 4.57. The van der Waals surface area contributed by atoms with Crippen molar-refractivity contribution in [2.24, 2.45) is 0 Å². The molecule has 0 fully saturated rings. The van der Waals surface area contributed by atoms with Gasteiger partial charge in [-0.3, -0.25) is 4.79 Å². The molecule has 0 saturated carbocycles. The van der Waals surface area contributed by atoms with E-state index >= 15 is 0 Å². The zero-order valence-corrected chi connectivity index (χ0v) is 15.3. The van der Waals surface area contributed by atoms with Crippen LogP contribution in [0.25, 0.3) is 0 Å². The first kappa shape index (κ1) is 18.5. The fraction of sp³-hybridized carbons (Fsp3) is 0.286. The SMILES string of the molecule is COC(=O)c1cccc2c1CCCN2C(=O)[C@@H](C)Oc1ccc(C#N)cc1. The number of amides is 1. The van der Waals surface area contributed by atoms with Gasteiger partial charge in [-0.1, -0.05) is 6.07 Å². The second-order valence-electron chi connectivity index (χ2n) is 6.28. The number of fused-ring (bicyclic) bond motifs is 1. The molecule has 1 atom stereocenters. The van der Waals surface area contributed by atoms with Crippen LogP contribution in [0.2, 0.25) is 0 Å². The van der Waals surface area contributed by atoms with Crippen molar-refractivity contribution < 1.29 is 19.1 Å². The highest BCUT2D eigenvalue weighted by Crippen LogP contribution is 2.31. The number of carbonyl (C=O) groups excluding carboxylic acids is 2. The molecule has 0 aliphatic carbocycles. The summed E-state index contributed by atoms with van der Waals surface area (Å²) in [5.74, 6) is -0.0549. The van der Waals surface area contributed by atoms with E-state index in [1.807, 2.05) is 12.1 Å². The summed E-state index contributed by atoms with van der Waals surface area (Å²) in [7, 11) is 1.35. The number of carbonyl (C=O) groups is 2. The number of esters is 1. The van der Waals surface area contributed by atoms with Crippen molar-refractivity contribution >= 4 is 17.6 Å². The standard InChI is InChI=1S/C21H20N2O4/c1-14(27-16-10-8-15(13-22)9-11-16)20(24)23-12-4-6-17-18(21(25)26-2)5-3-7-19(17)23/h3,5,7-11,14H,4,6,12H2,1-2H3/t14-/m1/s1. The van der Waals surface area contributed by atoms with Gasteiger partial charge in [0.25, 0.3) is 5.91 Å². The molecule has 138 valence electrons. The monoisotopic (exact) mass is 364 g/mol. The first-order valence-electron chi connectivity index (χ1n) is 8.73. The number of ether oxygens (including phenoxy) is 2. The largest absolute Gasteiger partial charge is 0.481 e. The molecule has 1 amide bonds. The molecular weight excluding hydrogens is 344 g/mol. The van der Waals surface area contributed by atoms with Crippen molar-refractivity contribution in [3.63, 3.8) is 0 Å². The van der Waals surface area contributed by atoms with Crippen molar-refractivity contribution in [3.05, 3.63) is 59.2 Å². The van der Waals surface area contributed by atoms with Gasteiger partial charge < -0.3 is 14.4 Å². The summed E-state index contributed by atoms with van der Waals surface area (Å²) in [4.78, 5) is 26.7. The number of methoxy groups -OCH3 is 1. The van der Waals surface area contributed by atoms with Gasteiger partial charge in [0.05, 0.1) is 24.3 Å². The summed E-state index contributed by atoms with van der Waals surface area (Å²) >= 11 is 0. The summed E-state index contributed by atoms with van der Waals surface area (Å²) in [6.45, 7) is 2.26. The minimum absolute atomic E-state index is 0.178. The Balaban J connectivity index is 1.81. The third-order valence-electron chi connectivity index (χ3n) is 4.57. The second kappa shape index (κ2) is 7.92. The van der Waals surface area contributed by atoms with E-state index < -0.39 is 12.1 Å². The van der Waals surface area contributed by atoms with E-state index in [0.717, 1.165) is 24.1 Å². The Hall–Kier alpha value is -3.33. The van der Waals surface area contributed by atoms with E-state index in [1.165, 1.54) is 7.11 Å². The van der Waals surface area contributed by atoms with Gasteiger partial charge in [0.1, 0.15) is 5.75 Å². The number of hydrogen-bond donors (Lipinski definition) is 0. The summed E-state index contributed by atoms with van der Waals surface area (Å²) in [5.41, 5.74) is 2.58. The minimum Gasteiger partial charge on any atom is -0.481 e. The number of rotatable bonds is 4. The molecule has 2 aromatic rings. The molecule has 0 spiro atoms. The van der Waals surface area contributed by atoms with Crippen LogP contribution in [0.1, 0.15) is 34.8 Å². The average molecular weight is 364 g/mol. The topological polar surface area (TPSA) is 79.6 Å². The molecule has 0 bridgehead atoms. The van der Waals surface area contributed by atoms with E-state index in [4.69, 9.17) is 14.7 Å². The minimum atomic E-state index is -0.703. The molecule has 0 N–H and O–H groups in total. The van der Waals surface area contributed by atoms with Gasteiger partial charge >= 0.3 is 5.97 Å². The smallest absolute Gasteiger partial charge is 0.338 e. The van der Waals surface area contributed by atoms with E-state index in [9.17, 15) is 9.59 Å². The fourth-order valence-corrected chi connectivity index (χ4v) is 3.24. The van der Waals surface area contributed by atoms with Gasteiger partial charge in [-0.15, -0.1) is 0 Å². The predicted octanol–water partition coefficient (Wildman–Crippen LogP) is 3.09. The summed E-state index contributed by atoms with van der Waals surface area (Å²) in [5, 5.41) is 8.86. The Kier molecular flexibility index (Phi) is 5.41. The molecule has 1 aliphatic rings. The Morgan fingerprint density at radius 1 is 1.19 bits per heavy atom. The number of hydrogen-bond acceptors (Lipinski definition) is 5. The molecule has 1 aliphatic heterocycles. The highest BCUT2D eigenvalue weighted by Gasteiger charge is 2.29. The second-order valence-corrected chi connectivity index (χ2v) is 6.28. The lowest BCUT2D eigenvalue weighted by Gasteiger charge is -2.32. The zero-order chi connectivity index (χ0) is 19.4. The van der Waals surface area contributed by atoms with E-state index in [1.54, 1.807) is 48.2 Å². The quantitative estimate of drug-likeness (QED) is 0.779. The molecule has 3 rings (SSSR count). The lowest BCUT2D eigenvalue weighted by molar-refractivity contribution is -0.124.